The first kappa shape index (κ1) is 18.9. The van der Waals surface area contributed by atoms with E-state index in [1.54, 1.807) is 4.90 Å². The second-order valence-electron chi connectivity index (χ2n) is 9.06. The Hall–Kier alpha value is -2.83. The quantitative estimate of drug-likeness (QED) is 0.657. The van der Waals surface area contributed by atoms with Crippen LogP contribution in [0.2, 0.25) is 0 Å². The summed E-state index contributed by atoms with van der Waals surface area (Å²) in [6, 6.07) is 15.1. The number of rotatable bonds is 3. The predicted molar refractivity (Wildman–Crippen MR) is 119 cm³/mol. The summed E-state index contributed by atoms with van der Waals surface area (Å²) in [5.41, 5.74) is 3.38. The maximum Gasteiger partial charge on any atom is 0.232 e. The number of fused-ring (bicyclic) bond motifs is 3. The highest BCUT2D eigenvalue weighted by atomic mass is 16.5. The van der Waals surface area contributed by atoms with Gasteiger partial charge in [-0.2, -0.15) is 0 Å². The topological polar surface area (TPSA) is 58.6 Å². The van der Waals surface area contributed by atoms with Crippen molar-refractivity contribution in [2.24, 2.45) is 0 Å². The minimum Gasteiger partial charge on any atom is -0.376 e. The molecule has 6 nitrogen and oxygen atoms in total. The molecule has 31 heavy (non-hydrogen) atoms. The number of anilines is 1. The fraction of sp³-hybridized carbons (Fsp3) is 0.400. The second kappa shape index (κ2) is 7.39. The van der Waals surface area contributed by atoms with Crippen LogP contribution in [0.1, 0.15) is 36.1 Å². The standard InChI is InChI=1S/C25H26N4O2/c30-22-9-4-11-29(22)24-26-13-20-15-31-17-25(23(20)27-24)10-12-28(16-25)14-19-7-3-6-18-5-1-2-8-21(18)19/h1-3,5-8,13H,4,9-12,14-17H2. The van der Waals surface area contributed by atoms with Crippen LogP contribution < -0.4 is 4.90 Å². The lowest BCUT2D eigenvalue weighted by Gasteiger charge is -2.35. The largest absolute Gasteiger partial charge is 0.376 e. The molecule has 1 spiro atoms. The van der Waals surface area contributed by atoms with Gasteiger partial charge < -0.3 is 4.74 Å². The molecule has 1 unspecified atom stereocenters. The van der Waals surface area contributed by atoms with E-state index in [0.29, 0.717) is 32.1 Å². The molecular formula is C25H26N4O2. The van der Waals surface area contributed by atoms with E-state index in [9.17, 15) is 4.79 Å². The van der Waals surface area contributed by atoms with E-state index in [1.807, 2.05) is 6.20 Å². The number of ether oxygens (including phenoxy) is 1. The molecule has 6 heteroatoms. The van der Waals surface area contributed by atoms with Crippen molar-refractivity contribution in [1.29, 1.82) is 0 Å². The van der Waals surface area contributed by atoms with Gasteiger partial charge in [0.25, 0.3) is 0 Å². The maximum absolute atomic E-state index is 12.2. The SMILES string of the molecule is O=C1CCCN1c1ncc2c(n1)C1(CCN(Cc3cccc4ccccc34)C1)COC2. The molecule has 0 bridgehead atoms. The van der Waals surface area contributed by atoms with Crippen LogP contribution in [0.25, 0.3) is 10.8 Å². The van der Waals surface area contributed by atoms with Gasteiger partial charge in [0, 0.05) is 37.8 Å². The minimum atomic E-state index is -0.126. The third-order valence-corrected chi connectivity index (χ3v) is 7.01. The van der Waals surface area contributed by atoms with Crippen LogP contribution in [0.3, 0.4) is 0 Å². The molecule has 158 valence electrons. The minimum absolute atomic E-state index is 0.126. The molecule has 6 rings (SSSR count). The van der Waals surface area contributed by atoms with Crippen molar-refractivity contribution in [2.75, 3.05) is 31.1 Å². The first-order chi connectivity index (χ1) is 15.2. The van der Waals surface area contributed by atoms with Crippen LogP contribution in [-0.2, 0) is 28.1 Å². The van der Waals surface area contributed by atoms with Crippen LogP contribution in [-0.4, -0.2) is 47.0 Å². The number of nitrogens with zero attached hydrogens (tertiary/aromatic N) is 4. The average molecular weight is 415 g/mol. The number of aromatic nitrogens is 2. The van der Waals surface area contributed by atoms with Gasteiger partial charge in [0.2, 0.25) is 11.9 Å². The van der Waals surface area contributed by atoms with Crippen molar-refractivity contribution in [1.82, 2.24) is 14.9 Å². The lowest BCUT2D eigenvalue weighted by molar-refractivity contribution is -0.117. The number of carbonyl (C=O) groups is 1. The molecule has 4 heterocycles. The summed E-state index contributed by atoms with van der Waals surface area (Å²) < 4.78 is 6.00. The first-order valence-corrected chi connectivity index (χ1v) is 11.2. The van der Waals surface area contributed by atoms with Crippen LogP contribution in [0.4, 0.5) is 5.95 Å². The summed E-state index contributed by atoms with van der Waals surface area (Å²) in [4.78, 5) is 26.0. The molecular weight excluding hydrogens is 388 g/mol. The molecule has 2 saturated heterocycles. The molecule has 1 amide bonds. The number of benzene rings is 2. The van der Waals surface area contributed by atoms with Gasteiger partial charge in [-0.05, 0) is 35.7 Å². The molecule has 2 aromatic carbocycles. The Morgan fingerprint density at radius 2 is 2.00 bits per heavy atom. The van der Waals surface area contributed by atoms with E-state index in [0.717, 1.165) is 43.7 Å². The number of likely N-dealkylation sites (tertiary alicyclic amines) is 1. The van der Waals surface area contributed by atoms with Gasteiger partial charge in [-0.25, -0.2) is 9.97 Å². The Labute approximate surface area is 181 Å². The smallest absolute Gasteiger partial charge is 0.232 e. The third-order valence-electron chi connectivity index (χ3n) is 7.01. The highest BCUT2D eigenvalue weighted by Crippen LogP contribution is 2.40. The zero-order chi connectivity index (χ0) is 20.8. The Morgan fingerprint density at radius 3 is 2.90 bits per heavy atom. The summed E-state index contributed by atoms with van der Waals surface area (Å²) in [6.45, 7) is 4.78. The molecule has 3 aliphatic heterocycles. The average Bonchev–Trinajstić information content (AvgIpc) is 3.41. The summed E-state index contributed by atoms with van der Waals surface area (Å²) in [6.07, 6.45) is 4.35. The van der Waals surface area contributed by atoms with Crippen LogP contribution in [0.15, 0.2) is 48.7 Å². The Bertz CT molecular complexity index is 1160. The fourth-order valence-corrected chi connectivity index (χ4v) is 5.45. The molecule has 1 atom stereocenters. The normalized spacial score (nSPS) is 23.7. The lowest BCUT2D eigenvalue weighted by Crippen LogP contribution is -2.41. The fourth-order valence-electron chi connectivity index (χ4n) is 5.45. The molecule has 1 aromatic heterocycles. The van der Waals surface area contributed by atoms with Crippen LogP contribution in [0, 0.1) is 0 Å². The van der Waals surface area contributed by atoms with Crippen molar-refractivity contribution >= 4 is 22.6 Å². The van der Waals surface area contributed by atoms with E-state index in [2.05, 4.69) is 52.3 Å². The summed E-state index contributed by atoms with van der Waals surface area (Å²) in [7, 11) is 0. The molecule has 2 fully saturated rings. The van der Waals surface area contributed by atoms with E-state index in [1.165, 1.54) is 16.3 Å². The van der Waals surface area contributed by atoms with E-state index in [-0.39, 0.29) is 11.3 Å². The Kier molecular flexibility index (Phi) is 4.51. The first-order valence-electron chi connectivity index (χ1n) is 11.2. The molecule has 0 N–H and O–H groups in total. The highest BCUT2D eigenvalue weighted by Gasteiger charge is 2.45. The van der Waals surface area contributed by atoms with Gasteiger partial charge in [-0.15, -0.1) is 0 Å². The summed E-state index contributed by atoms with van der Waals surface area (Å²) in [5, 5.41) is 2.61. The molecule has 3 aromatic rings. The van der Waals surface area contributed by atoms with Gasteiger partial charge in [0.05, 0.1) is 24.3 Å². The van der Waals surface area contributed by atoms with Crippen LogP contribution >= 0.6 is 0 Å². The number of hydrogen-bond donors (Lipinski definition) is 0. The Balaban J connectivity index is 1.30. The van der Waals surface area contributed by atoms with E-state index >= 15 is 0 Å². The second-order valence-corrected chi connectivity index (χ2v) is 9.06. The molecule has 0 saturated carbocycles. The van der Waals surface area contributed by atoms with E-state index < -0.39 is 0 Å². The van der Waals surface area contributed by atoms with Crippen molar-refractivity contribution in [2.45, 2.75) is 37.8 Å². The summed E-state index contributed by atoms with van der Waals surface area (Å²) >= 11 is 0. The van der Waals surface area contributed by atoms with Gasteiger partial charge in [-0.3, -0.25) is 14.6 Å². The van der Waals surface area contributed by atoms with Crippen molar-refractivity contribution in [3.8, 4) is 0 Å². The highest BCUT2D eigenvalue weighted by molar-refractivity contribution is 5.93. The maximum atomic E-state index is 12.2. The van der Waals surface area contributed by atoms with Crippen LogP contribution in [0.5, 0.6) is 0 Å². The van der Waals surface area contributed by atoms with Crippen molar-refractivity contribution in [3.05, 3.63) is 65.5 Å². The number of carbonyl (C=O) groups excluding carboxylic acids is 1. The van der Waals surface area contributed by atoms with Crippen molar-refractivity contribution < 1.29 is 9.53 Å². The lowest BCUT2D eigenvalue weighted by atomic mass is 9.80. The zero-order valence-electron chi connectivity index (χ0n) is 17.6. The monoisotopic (exact) mass is 414 g/mol. The predicted octanol–water partition coefficient (Wildman–Crippen LogP) is 3.43. The Morgan fingerprint density at radius 1 is 1.10 bits per heavy atom. The van der Waals surface area contributed by atoms with Crippen molar-refractivity contribution in [3.63, 3.8) is 0 Å². The van der Waals surface area contributed by atoms with E-state index in [4.69, 9.17) is 9.72 Å². The van der Waals surface area contributed by atoms with Gasteiger partial charge in [0.15, 0.2) is 0 Å². The van der Waals surface area contributed by atoms with Gasteiger partial charge in [0.1, 0.15) is 0 Å². The number of hydrogen-bond acceptors (Lipinski definition) is 5. The molecule has 0 aliphatic carbocycles. The summed E-state index contributed by atoms with van der Waals surface area (Å²) in [5.74, 6) is 0.695. The zero-order valence-corrected chi connectivity index (χ0v) is 17.6. The third kappa shape index (κ3) is 3.22. The molecule has 3 aliphatic rings. The van der Waals surface area contributed by atoms with Gasteiger partial charge in [-0.1, -0.05) is 42.5 Å². The number of amides is 1. The van der Waals surface area contributed by atoms with Gasteiger partial charge >= 0.3 is 0 Å². The molecule has 0 radical (unpaired) electrons.